The number of piperidine rings is 1. The molecule has 7 heteroatoms. The van der Waals surface area contributed by atoms with E-state index >= 15 is 0 Å². The lowest BCUT2D eigenvalue weighted by atomic mass is 9.95. The monoisotopic (exact) mass is 288 g/mol. The summed E-state index contributed by atoms with van der Waals surface area (Å²) in [4.78, 5) is 14.2. The average molecular weight is 288 g/mol. The van der Waals surface area contributed by atoms with Gasteiger partial charge in [-0.2, -0.15) is 10.2 Å². The number of rotatable bonds is 4. The summed E-state index contributed by atoms with van der Waals surface area (Å²) in [6.45, 7) is 2.25. The minimum atomic E-state index is -0.0149. The van der Waals surface area contributed by atoms with Crippen LogP contribution in [0.25, 0.3) is 0 Å². The molecule has 2 aromatic heterocycles. The molecule has 1 fully saturated rings. The smallest absolute Gasteiger partial charge is 0.239 e. The van der Waals surface area contributed by atoms with Crippen molar-refractivity contribution in [2.75, 3.05) is 25.0 Å². The summed E-state index contributed by atoms with van der Waals surface area (Å²) >= 11 is 0. The predicted molar refractivity (Wildman–Crippen MR) is 78.8 cm³/mol. The van der Waals surface area contributed by atoms with E-state index in [1.54, 1.807) is 16.9 Å². The maximum atomic E-state index is 12.1. The van der Waals surface area contributed by atoms with Gasteiger partial charge in [0.15, 0.2) is 5.82 Å². The molecule has 1 amide bonds. The largest absolute Gasteiger partial charge is 0.308 e. The van der Waals surface area contributed by atoms with E-state index in [4.69, 9.17) is 0 Å². The van der Waals surface area contributed by atoms with Gasteiger partial charge in [0.25, 0.3) is 0 Å². The number of aromatic amines is 1. The fourth-order valence-corrected chi connectivity index (χ4v) is 2.81. The average Bonchev–Trinajstić information content (AvgIpc) is 3.11. The summed E-state index contributed by atoms with van der Waals surface area (Å²) in [5.74, 6) is 1.02. The first kappa shape index (κ1) is 13.8. The van der Waals surface area contributed by atoms with Crippen LogP contribution in [0.5, 0.6) is 0 Å². The second-order valence-corrected chi connectivity index (χ2v) is 5.51. The van der Waals surface area contributed by atoms with E-state index in [1.165, 1.54) is 0 Å². The van der Waals surface area contributed by atoms with Crippen molar-refractivity contribution < 1.29 is 4.79 Å². The molecule has 2 N–H and O–H groups in total. The number of nitrogens with one attached hydrogen (secondary N) is 2. The third-order valence-electron chi connectivity index (χ3n) is 3.82. The second-order valence-electron chi connectivity index (χ2n) is 5.51. The number of aromatic nitrogens is 4. The van der Waals surface area contributed by atoms with Crippen LogP contribution in [0.4, 0.5) is 5.82 Å². The van der Waals surface area contributed by atoms with E-state index in [0.717, 1.165) is 31.6 Å². The SMILES string of the molecule is Cn1ccc(NC(=O)CN2CCCC(c3ccn[nH]3)C2)n1. The number of anilines is 1. The number of hydrogen-bond donors (Lipinski definition) is 2. The first-order valence-electron chi connectivity index (χ1n) is 7.22. The molecular formula is C14H20N6O. The molecule has 2 aromatic rings. The molecule has 1 aliphatic heterocycles. The van der Waals surface area contributed by atoms with Crippen LogP contribution in [0.3, 0.4) is 0 Å². The van der Waals surface area contributed by atoms with Crippen LogP contribution in [-0.4, -0.2) is 50.4 Å². The maximum Gasteiger partial charge on any atom is 0.239 e. The minimum Gasteiger partial charge on any atom is -0.308 e. The van der Waals surface area contributed by atoms with Crippen molar-refractivity contribution in [2.45, 2.75) is 18.8 Å². The zero-order valence-electron chi connectivity index (χ0n) is 12.1. The molecule has 1 unspecified atom stereocenters. The fraction of sp³-hybridized carbons (Fsp3) is 0.500. The topological polar surface area (TPSA) is 78.8 Å². The molecule has 0 spiro atoms. The molecule has 3 rings (SSSR count). The van der Waals surface area contributed by atoms with Crippen LogP contribution in [0.15, 0.2) is 24.5 Å². The number of amides is 1. The molecule has 0 saturated carbocycles. The Balaban J connectivity index is 1.53. The summed E-state index contributed by atoms with van der Waals surface area (Å²) in [5, 5.41) is 14.0. The highest BCUT2D eigenvalue weighted by Crippen LogP contribution is 2.24. The van der Waals surface area contributed by atoms with E-state index in [1.807, 2.05) is 19.3 Å². The Morgan fingerprint density at radius 2 is 2.43 bits per heavy atom. The van der Waals surface area contributed by atoms with Gasteiger partial charge in [0, 0.05) is 43.7 Å². The van der Waals surface area contributed by atoms with Gasteiger partial charge in [-0.1, -0.05) is 0 Å². The lowest BCUT2D eigenvalue weighted by molar-refractivity contribution is -0.117. The van der Waals surface area contributed by atoms with Gasteiger partial charge in [0.2, 0.25) is 5.91 Å². The van der Waals surface area contributed by atoms with E-state index in [0.29, 0.717) is 18.3 Å². The van der Waals surface area contributed by atoms with Gasteiger partial charge in [-0.15, -0.1) is 0 Å². The summed E-state index contributed by atoms with van der Waals surface area (Å²) in [7, 11) is 1.83. The number of H-pyrrole nitrogens is 1. The van der Waals surface area contributed by atoms with Crippen molar-refractivity contribution >= 4 is 11.7 Å². The lowest BCUT2D eigenvalue weighted by Crippen LogP contribution is -2.39. The van der Waals surface area contributed by atoms with Gasteiger partial charge in [-0.25, -0.2) is 0 Å². The quantitative estimate of drug-likeness (QED) is 0.878. The van der Waals surface area contributed by atoms with Crippen LogP contribution in [0, 0.1) is 0 Å². The van der Waals surface area contributed by atoms with Crippen LogP contribution in [0.2, 0.25) is 0 Å². The van der Waals surface area contributed by atoms with Gasteiger partial charge in [0.05, 0.1) is 6.54 Å². The predicted octanol–water partition coefficient (Wildman–Crippen LogP) is 0.961. The molecule has 1 atom stereocenters. The maximum absolute atomic E-state index is 12.1. The molecule has 1 aliphatic rings. The summed E-state index contributed by atoms with van der Waals surface area (Å²) < 4.78 is 1.67. The number of carbonyl (C=O) groups is 1. The molecular weight excluding hydrogens is 268 g/mol. The highest BCUT2D eigenvalue weighted by molar-refractivity contribution is 5.91. The zero-order chi connectivity index (χ0) is 14.7. The van der Waals surface area contributed by atoms with Gasteiger partial charge in [-0.05, 0) is 25.5 Å². The van der Waals surface area contributed by atoms with Crippen molar-refractivity contribution in [1.82, 2.24) is 24.9 Å². The first-order valence-corrected chi connectivity index (χ1v) is 7.22. The Kier molecular flexibility index (Phi) is 4.01. The second kappa shape index (κ2) is 6.09. The van der Waals surface area contributed by atoms with Crippen molar-refractivity contribution in [3.63, 3.8) is 0 Å². The van der Waals surface area contributed by atoms with Gasteiger partial charge in [0.1, 0.15) is 0 Å². The molecule has 21 heavy (non-hydrogen) atoms. The Morgan fingerprint density at radius 1 is 1.52 bits per heavy atom. The molecule has 0 aliphatic carbocycles. The first-order chi connectivity index (χ1) is 10.2. The number of nitrogens with zero attached hydrogens (tertiary/aromatic N) is 4. The molecule has 7 nitrogen and oxygen atoms in total. The molecule has 1 saturated heterocycles. The number of likely N-dealkylation sites (tertiary alicyclic amines) is 1. The van der Waals surface area contributed by atoms with Gasteiger partial charge < -0.3 is 5.32 Å². The fourth-order valence-electron chi connectivity index (χ4n) is 2.81. The summed E-state index contributed by atoms with van der Waals surface area (Å²) in [6.07, 6.45) is 5.83. The molecule has 0 aromatic carbocycles. The van der Waals surface area contributed by atoms with Crippen LogP contribution >= 0.6 is 0 Å². The number of aryl methyl sites for hydroxylation is 1. The standard InChI is InChI=1S/C14H20N6O/c1-19-8-5-13(18-19)16-14(21)10-20-7-2-3-11(9-20)12-4-6-15-17-12/h4-6,8,11H,2-3,7,9-10H2,1H3,(H,15,17)(H,16,18,21). The highest BCUT2D eigenvalue weighted by atomic mass is 16.2. The third-order valence-corrected chi connectivity index (χ3v) is 3.82. The van der Waals surface area contributed by atoms with E-state index in [9.17, 15) is 4.79 Å². The Bertz CT molecular complexity index is 590. The molecule has 0 bridgehead atoms. The van der Waals surface area contributed by atoms with E-state index in [2.05, 4.69) is 25.5 Å². The van der Waals surface area contributed by atoms with Crippen LogP contribution < -0.4 is 5.32 Å². The van der Waals surface area contributed by atoms with Crippen molar-refractivity contribution in [3.05, 3.63) is 30.2 Å². The number of carbonyl (C=O) groups excluding carboxylic acids is 1. The Morgan fingerprint density at radius 3 is 3.14 bits per heavy atom. The Labute approximate surface area is 123 Å². The molecule has 0 radical (unpaired) electrons. The summed E-state index contributed by atoms with van der Waals surface area (Å²) in [5.41, 5.74) is 1.16. The highest BCUT2D eigenvalue weighted by Gasteiger charge is 2.23. The normalized spacial score (nSPS) is 19.6. The van der Waals surface area contributed by atoms with E-state index in [-0.39, 0.29) is 5.91 Å². The van der Waals surface area contributed by atoms with E-state index < -0.39 is 0 Å². The van der Waals surface area contributed by atoms with Crippen LogP contribution in [0.1, 0.15) is 24.5 Å². The third kappa shape index (κ3) is 3.49. The van der Waals surface area contributed by atoms with Crippen molar-refractivity contribution in [2.24, 2.45) is 7.05 Å². The molecule has 112 valence electrons. The lowest BCUT2D eigenvalue weighted by Gasteiger charge is -2.31. The summed E-state index contributed by atoms with van der Waals surface area (Å²) in [6, 6.07) is 3.81. The van der Waals surface area contributed by atoms with Gasteiger partial charge >= 0.3 is 0 Å². The zero-order valence-corrected chi connectivity index (χ0v) is 12.1. The van der Waals surface area contributed by atoms with Crippen LogP contribution in [-0.2, 0) is 11.8 Å². The van der Waals surface area contributed by atoms with Gasteiger partial charge in [-0.3, -0.25) is 19.5 Å². The minimum absolute atomic E-state index is 0.0149. The number of hydrogen-bond acceptors (Lipinski definition) is 4. The Hall–Kier alpha value is -2.15. The van der Waals surface area contributed by atoms with Crippen molar-refractivity contribution in [1.29, 1.82) is 0 Å². The molecule has 3 heterocycles. The van der Waals surface area contributed by atoms with Crippen molar-refractivity contribution in [3.8, 4) is 0 Å².